The zero-order valence-corrected chi connectivity index (χ0v) is 18.3. The van der Waals surface area contributed by atoms with Crippen molar-refractivity contribution in [1.29, 1.82) is 0 Å². The molecule has 0 aromatic heterocycles. The van der Waals surface area contributed by atoms with E-state index < -0.39 is 0 Å². The molecule has 7 heteroatoms. The highest BCUT2D eigenvalue weighted by Gasteiger charge is 2.26. The molecule has 1 aliphatic carbocycles. The lowest BCUT2D eigenvalue weighted by atomic mass is 9.80. The number of carbonyl (C=O) groups excluding carboxylic acids is 3. The quantitative estimate of drug-likeness (QED) is 0.384. The third kappa shape index (κ3) is 13.0. The van der Waals surface area contributed by atoms with Crippen molar-refractivity contribution >= 4 is 18.0 Å². The summed E-state index contributed by atoms with van der Waals surface area (Å²) in [6.45, 7) is 9.59. The molecule has 7 nitrogen and oxygen atoms in total. The summed E-state index contributed by atoms with van der Waals surface area (Å²) in [7, 11) is 2.01. The van der Waals surface area contributed by atoms with Gasteiger partial charge in [0, 0.05) is 30.3 Å². The van der Waals surface area contributed by atoms with Crippen LogP contribution in [0.15, 0.2) is 0 Å². The second-order valence-electron chi connectivity index (χ2n) is 7.69. The van der Waals surface area contributed by atoms with E-state index in [2.05, 4.69) is 10.6 Å². The van der Waals surface area contributed by atoms with Crippen molar-refractivity contribution in [3.63, 3.8) is 0 Å². The van der Waals surface area contributed by atoms with Crippen LogP contribution in [0.25, 0.3) is 0 Å². The molecule has 0 unspecified atom stereocenters. The molecular formula is C21H40N2O5. The van der Waals surface area contributed by atoms with Crippen LogP contribution in [-0.2, 0) is 23.9 Å². The van der Waals surface area contributed by atoms with Crippen LogP contribution >= 0.6 is 0 Å². The minimum Gasteiger partial charge on any atom is -0.377 e. The summed E-state index contributed by atoms with van der Waals surface area (Å²) >= 11 is 0. The Morgan fingerprint density at radius 1 is 0.964 bits per heavy atom. The molecule has 1 amide bonds. The number of hydrogen-bond donors (Lipinski definition) is 2. The van der Waals surface area contributed by atoms with Gasteiger partial charge in [-0.15, -0.1) is 0 Å². The van der Waals surface area contributed by atoms with Gasteiger partial charge >= 0.3 is 0 Å². The number of rotatable bonds is 12. The number of hydrogen-bond acceptors (Lipinski definition) is 6. The predicted octanol–water partition coefficient (Wildman–Crippen LogP) is 1.98. The largest absolute Gasteiger partial charge is 0.377 e. The molecule has 0 aromatic rings. The summed E-state index contributed by atoms with van der Waals surface area (Å²) in [6.07, 6.45) is 5.20. The molecule has 0 saturated heterocycles. The molecule has 0 radical (unpaired) electrons. The average Bonchev–Trinajstić information content (AvgIpc) is 2.69. The van der Waals surface area contributed by atoms with Crippen LogP contribution in [0.3, 0.4) is 0 Å². The van der Waals surface area contributed by atoms with Crippen molar-refractivity contribution < 1.29 is 23.9 Å². The zero-order valence-electron chi connectivity index (χ0n) is 18.3. The first-order valence-electron chi connectivity index (χ1n) is 10.4. The van der Waals surface area contributed by atoms with Gasteiger partial charge in [-0.2, -0.15) is 0 Å². The van der Waals surface area contributed by atoms with Gasteiger partial charge in [0.15, 0.2) is 0 Å². The Kier molecular flexibility index (Phi) is 15.8. The normalized spacial score (nSPS) is 19.1. The van der Waals surface area contributed by atoms with Crippen LogP contribution in [0.4, 0.5) is 0 Å². The van der Waals surface area contributed by atoms with Crippen molar-refractivity contribution in [2.24, 2.45) is 17.8 Å². The molecule has 28 heavy (non-hydrogen) atoms. The maximum Gasteiger partial charge on any atom is 0.222 e. The van der Waals surface area contributed by atoms with E-state index in [0.717, 1.165) is 12.8 Å². The highest BCUT2D eigenvalue weighted by atomic mass is 16.5. The summed E-state index contributed by atoms with van der Waals surface area (Å²) in [4.78, 5) is 32.6. The van der Waals surface area contributed by atoms with Gasteiger partial charge in [-0.1, -0.05) is 27.7 Å². The van der Waals surface area contributed by atoms with Crippen molar-refractivity contribution in [2.45, 2.75) is 59.4 Å². The van der Waals surface area contributed by atoms with Crippen molar-refractivity contribution in [1.82, 2.24) is 10.6 Å². The monoisotopic (exact) mass is 400 g/mol. The van der Waals surface area contributed by atoms with Gasteiger partial charge in [0.1, 0.15) is 18.7 Å². The molecular weight excluding hydrogens is 360 g/mol. The van der Waals surface area contributed by atoms with E-state index in [1.165, 1.54) is 12.8 Å². The lowest BCUT2D eigenvalue weighted by molar-refractivity contribution is -0.127. The lowest BCUT2D eigenvalue weighted by Gasteiger charge is -2.28. The number of ether oxygens (including phenoxy) is 2. The number of ketones is 1. The summed E-state index contributed by atoms with van der Waals surface area (Å²) in [5.74, 6) is 1.06. The molecule has 0 aromatic carbocycles. The number of nitrogens with one attached hydrogen (secondary N) is 2. The van der Waals surface area contributed by atoms with Gasteiger partial charge in [-0.3, -0.25) is 9.59 Å². The van der Waals surface area contributed by atoms with Crippen LogP contribution in [0.2, 0.25) is 0 Å². The fraction of sp³-hybridized carbons (Fsp3) is 0.857. The molecule has 0 heterocycles. The van der Waals surface area contributed by atoms with Crippen LogP contribution in [0.1, 0.15) is 53.4 Å². The van der Waals surface area contributed by atoms with E-state index in [1.807, 2.05) is 34.7 Å². The lowest BCUT2D eigenvalue weighted by Crippen LogP contribution is -2.33. The van der Waals surface area contributed by atoms with Gasteiger partial charge in [-0.05, 0) is 32.7 Å². The first-order valence-corrected chi connectivity index (χ1v) is 10.4. The Balaban J connectivity index is 0.000000525. The highest BCUT2D eigenvalue weighted by molar-refractivity contribution is 5.82. The van der Waals surface area contributed by atoms with Crippen molar-refractivity contribution in [2.75, 3.05) is 40.0 Å². The summed E-state index contributed by atoms with van der Waals surface area (Å²) in [5.41, 5.74) is 0. The molecule has 1 rings (SSSR count). The smallest absolute Gasteiger partial charge is 0.222 e. The molecule has 1 aliphatic rings. The molecule has 0 spiro atoms. The molecule has 0 aliphatic heterocycles. The fourth-order valence-electron chi connectivity index (χ4n) is 2.94. The van der Waals surface area contributed by atoms with E-state index >= 15 is 0 Å². The van der Waals surface area contributed by atoms with Gasteiger partial charge in [0.25, 0.3) is 0 Å². The van der Waals surface area contributed by atoms with E-state index in [0.29, 0.717) is 50.4 Å². The highest BCUT2D eigenvalue weighted by Crippen LogP contribution is 2.26. The number of aldehydes is 1. The van der Waals surface area contributed by atoms with Gasteiger partial charge in [0.2, 0.25) is 5.91 Å². The summed E-state index contributed by atoms with van der Waals surface area (Å²) in [6, 6.07) is 0.649. The minimum absolute atomic E-state index is 0.000856. The Labute approximate surface area is 170 Å². The van der Waals surface area contributed by atoms with Crippen molar-refractivity contribution in [3.05, 3.63) is 0 Å². The predicted molar refractivity (Wildman–Crippen MR) is 110 cm³/mol. The number of carbonyl (C=O) groups is 3. The Bertz CT molecular complexity index is 433. The third-order valence-corrected chi connectivity index (χ3v) is 4.73. The van der Waals surface area contributed by atoms with Gasteiger partial charge < -0.3 is 24.9 Å². The second kappa shape index (κ2) is 16.6. The molecule has 0 atom stereocenters. The molecule has 1 saturated carbocycles. The fourth-order valence-corrected chi connectivity index (χ4v) is 2.94. The molecule has 164 valence electrons. The van der Waals surface area contributed by atoms with E-state index in [9.17, 15) is 14.4 Å². The first-order chi connectivity index (χ1) is 13.3. The van der Waals surface area contributed by atoms with Crippen LogP contribution < -0.4 is 10.6 Å². The first kappa shape index (κ1) is 26.7. The maximum atomic E-state index is 11.7. The number of Topliss-reactive ketones (excluding diaryl/α,β-unsaturated/α-hetero) is 1. The maximum absolute atomic E-state index is 11.7. The van der Waals surface area contributed by atoms with E-state index in [4.69, 9.17) is 9.47 Å². The topological polar surface area (TPSA) is 93.7 Å². The molecule has 0 bridgehead atoms. The van der Waals surface area contributed by atoms with E-state index in [-0.39, 0.29) is 24.3 Å². The third-order valence-electron chi connectivity index (χ3n) is 4.73. The molecule has 2 N–H and O–H groups in total. The van der Waals surface area contributed by atoms with Crippen LogP contribution in [0.5, 0.6) is 0 Å². The Hall–Kier alpha value is -1.31. The molecule has 1 fully saturated rings. The van der Waals surface area contributed by atoms with Crippen LogP contribution in [0, 0.1) is 17.8 Å². The minimum atomic E-state index is 0.000856. The average molecular weight is 401 g/mol. The number of amides is 1. The summed E-state index contributed by atoms with van der Waals surface area (Å²) < 4.78 is 10.0. The SMILES string of the molecule is CC(C)C(=O)NCCOCCOCC=O.CNC1CCC(C(=O)C(C)C)CC1. The van der Waals surface area contributed by atoms with Crippen LogP contribution in [-0.4, -0.2) is 64.0 Å². The van der Waals surface area contributed by atoms with Gasteiger partial charge in [-0.25, -0.2) is 0 Å². The Morgan fingerprint density at radius 2 is 1.57 bits per heavy atom. The summed E-state index contributed by atoms with van der Waals surface area (Å²) in [5, 5.41) is 6.00. The standard InChI is InChI=1S/C11H21NO.C10H19NO4/c1-8(2)11(13)9-4-6-10(12-3)7-5-9;1-9(2)10(13)11-3-5-14-7-8-15-6-4-12/h8-10,12H,4-7H2,1-3H3;4,9H,3,5-8H2,1-2H3,(H,11,13). The Morgan fingerprint density at radius 3 is 2.07 bits per heavy atom. The zero-order chi connectivity index (χ0) is 21.4. The van der Waals surface area contributed by atoms with Gasteiger partial charge in [0.05, 0.1) is 19.8 Å². The van der Waals surface area contributed by atoms with E-state index in [1.54, 1.807) is 0 Å². The second-order valence-corrected chi connectivity index (χ2v) is 7.69. The van der Waals surface area contributed by atoms with Crippen molar-refractivity contribution in [3.8, 4) is 0 Å².